The number of rotatable bonds is 7. The van der Waals surface area contributed by atoms with Crippen molar-refractivity contribution in [2.75, 3.05) is 43.5 Å². The minimum Gasteiger partial charge on any atom is -0.378 e. The lowest BCUT2D eigenvalue weighted by Crippen LogP contribution is -2.32. The molecule has 0 radical (unpaired) electrons. The van der Waals surface area contributed by atoms with Gasteiger partial charge in [-0.05, 0) is 72.5 Å². The number of hydrogen-bond acceptors (Lipinski definition) is 4. The first-order valence-corrected chi connectivity index (χ1v) is 12.3. The van der Waals surface area contributed by atoms with Crippen molar-refractivity contribution in [3.05, 3.63) is 83.9 Å². The van der Waals surface area contributed by atoms with Crippen molar-refractivity contribution in [2.45, 2.75) is 25.9 Å². The van der Waals surface area contributed by atoms with Gasteiger partial charge in [-0.15, -0.1) is 0 Å². The summed E-state index contributed by atoms with van der Waals surface area (Å²) >= 11 is 0. The number of hydrogen-bond donors (Lipinski definition) is 0. The molecular formula is C29H32N4O2. The van der Waals surface area contributed by atoms with Gasteiger partial charge in [-0.2, -0.15) is 0 Å². The Morgan fingerprint density at radius 3 is 2.00 bits per heavy atom. The first kappa shape index (κ1) is 23.1. The first-order chi connectivity index (χ1) is 17.0. The van der Waals surface area contributed by atoms with E-state index in [1.54, 1.807) is 4.90 Å². The Morgan fingerprint density at radius 1 is 0.771 bits per heavy atom. The van der Waals surface area contributed by atoms with Crippen molar-refractivity contribution in [1.82, 2.24) is 9.80 Å². The maximum Gasteiger partial charge on any atom is 0.332 e. The fourth-order valence-corrected chi connectivity index (χ4v) is 4.93. The lowest BCUT2D eigenvalue weighted by atomic mass is 10.0. The third kappa shape index (κ3) is 5.08. The highest BCUT2D eigenvalue weighted by molar-refractivity contribution is 6.19. The van der Waals surface area contributed by atoms with Gasteiger partial charge in [-0.3, -0.25) is 9.69 Å². The van der Waals surface area contributed by atoms with Crippen molar-refractivity contribution in [3.63, 3.8) is 0 Å². The molecule has 0 spiro atoms. The third-order valence-electron chi connectivity index (χ3n) is 6.85. The zero-order valence-corrected chi connectivity index (χ0v) is 20.5. The van der Waals surface area contributed by atoms with E-state index in [9.17, 15) is 9.59 Å². The maximum atomic E-state index is 13.2. The van der Waals surface area contributed by atoms with Crippen LogP contribution in [0.1, 0.15) is 24.0 Å². The average Bonchev–Trinajstić information content (AvgIpc) is 3.47. The summed E-state index contributed by atoms with van der Waals surface area (Å²) in [5.41, 5.74) is 6.20. The average molecular weight is 469 g/mol. The number of anilines is 2. The van der Waals surface area contributed by atoms with E-state index in [2.05, 4.69) is 46.2 Å². The van der Waals surface area contributed by atoms with Crippen LogP contribution in [0.5, 0.6) is 0 Å². The number of carbonyl (C=O) groups is 2. The number of imide groups is 1. The van der Waals surface area contributed by atoms with Crippen LogP contribution in [-0.2, 0) is 17.9 Å². The highest BCUT2D eigenvalue weighted by Gasteiger charge is 2.37. The van der Waals surface area contributed by atoms with Gasteiger partial charge in [0.05, 0.1) is 5.69 Å². The molecule has 0 unspecified atom stereocenters. The molecule has 2 saturated heterocycles. The lowest BCUT2D eigenvalue weighted by Gasteiger charge is -2.19. The van der Waals surface area contributed by atoms with Crippen molar-refractivity contribution in [3.8, 4) is 11.1 Å². The van der Waals surface area contributed by atoms with Crippen LogP contribution in [0.3, 0.4) is 0 Å². The van der Waals surface area contributed by atoms with Gasteiger partial charge in [-0.25, -0.2) is 9.69 Å². The van der Waals surface area contributed by atoms with Crippen LogP contribution in [-0.4, -0.2) is 55.5 Å². The predicted octanol–water partition coefficient (Wildman–Crippen LogP) is 4.98. The Bertz CT molecular complexity index is 1200. The smallest absolute Gasteiger partial charge is 0.332 e. The van der Waals surface area contributed by atoms with E-state index in [1.165, 1.54) is 23.3 Å². The topological polar surface area (TPSA) is 47.1 Å². The fraction of sp³-hybridized carbons (Fsp3) is 0.310. The van der Waals surface area contributed by atoms with E-state index in [0.717, 1.165) is 42.0 Å². The van der Waals surface area contributed by atoms with Gasteiger partial charge >= 0.3 is 6.03 Å². The van der Waals surface area contributed by atoms with Gasteiger partial charge in [0.1, 0.15) is 6.54 Å². The predicted molar refractivity (Wildman–Crippen MR) is 140 cm³/mol. The molecule has 6 heteroatoms. The van der Waals surface area contributed by atoms with E-state index in [1.807, 2.05) is 50.5 Å². The molecule has 0 bridgehead atoms. The Hall–Kier alpha value is -3.64. The van der Waals surface area contributed by atoms with Crippen LogP contribution in [0.4, 0.5) is 16.2 Å². The molecule has 6 nitrogen and oxygen atoms in total. The molecular weight excluding hydrogens is 436 g/mol. The van der Waals surface area contributed by atoms with E-state index in [-0.39, 0.29) is 18.5 Å². The zero-order chi connectivity index (χ0) is 24.4. The Morgan fingerprint density at radius 2 is 1.37 bits per heavy atom. The second-order valence-electron chi connectivity index (χ2n) is 9.66. The lowest BCUT2D eigenvalue weighted by molar-refractivity contribution is -0.116. The number of benzene rings is 3. The summed E-state index contributed by atoms with van der Waals surface area (Å²) in [7, 11) is 4.03. The molecule has 2 aliphatic rings. The van der Waals surface area contributed by atoms with Gasteiger partial charge in [-0.1, -0.05) is 48.5 Å². The van der Waals surface area contributed by atoms with Crippen molar-refractivity contribution < 1.29 is 9.59 Å². The van der Waals surface area contributed by atoms with Gasteiger partial charge in [0.2, 0.25) is 0 Å². The minimum absolute atomic E-state index is 0.100. The summed E-state index contributed by atoms with van der Waals surface area (Å²) in [5.74, 6) is -0.189. The van der Waals surface area contributed by atoms with E-state index < -0.39 is 0 Å². The molecule has 3 aromatic rings. The highest BCUT2D eigenvalue weighted by Crippen LogP contribution is 2.28. The molecule has 3 amide bonds. The first-order valence-electron chi connectivity index (χ1n) is 12.3. The molecule has 0 saturated carbocycles. The van der Waals surface area contributed by atoms with Gasteiger partial charge in [0, 0.05) is 32.9 Å². The Labute approximate surface area is 207 Å². The second kappa shape index (κ2) is 9.92. The van der Waals surface area contributed by atoms with Gasteiger partial charge in [0.25, 0.3) is 5.91 Å². The maximum absolute atomic E-state index is 13.2. The molecule has 0 atom stereocenters. The molecule has 3 aromatic carbocycles. The third-order valence-corrected chi connectivity index (χ3v) is 6.85. The summed E-state index contributed by atoms with van der Waals surface area (Å²) in [6.07, 6.45) is 2.53. The van der Waals surface area contributed by atoms with Crippen LogP contribution in [0.25, 0.3) is 11.1 Å². The standard InChI is InChI=1S/C29H32N4O2/c1-30(2)26-12-8-24(9-13-26)25-10-14-27(15-11-25)33-28(34)21-32(29(33)35)20-23-7-5-6-22(18-23)19-31-16-3-4-17-31/h5-15,18H,3-4,16-17,19-21H2,1-2H3. The monoisotopic (exact) mass is 468 g/mol. The van der Waals surface area contributed by atoms with Gasteiger partial charge < -0.3 is 9.80 Å². The SMILES string of the molecule is CN(C)c1ccc(-c2ccc(N3C(=O)CN(Cc4cccc(CN5CCCC5)c4)C3=O)cc2)cc1. The molecule has 0 N–H and O–H groups in total. The van der Waals surface area contributed by atoms with E-state index in [0.29, 0.717) is 12.2 Å². The summed E-state index contributed by atoms with van der Waals surface area (Å²) < 4.78 is 0. The summed E-state index contributed by atoms with van der Waals surface area (Å²) in [4.78, 5) is 33.4. The molecule has 180 valence electrons. The molecule has 0 aliphatic carbocycles. The molecule has 2 heterocycles. The summed E-state index contributed by atoms with van der Waals surface area (Å²) in [6.45, 7) is 3.78. The quantitative estimate of drug-likeness (QED) is 0.459. The van der Waals surface area contributed by atoms with Crippen molar-refractivity contribution in [2.24, 2.45) is 0 Å². The number of urea groups is 1. The minimum atomic E-state index is -0.261. The molecule has 0 aromatic heterocycles. The van der Waals surface area contributed by atoms with Gasteiger partial charge in [0.15, 0.2) is 0 Å². The van der Waals surface area contributed by atoms with Crippen LogP contribution < -0.4 is 9.80 Å². The van der Waals surface area contributed by atoms with Crippen molar-refractivity contribution >= 4 is 23.3 Å². The van der Waals surface area contributed by atoms with E-state index in [4.69, 9.17) is 0 Å². The number of carbonyl (C=O) groups excluding carboxylic acids is 2. The number of nitrogens with zero attached hydrogens (tertiary/aromatic N) is 4. The zero-order valence-electron chi connectivity index (χ0n) is 20.5. The molecule has 2 fully saturated rings. The second-order valence-corrected chi connectivity index (χ2v) is 9.66. The van der Waals surface area contributed by atoms with Crippen LogP contribution in [0.2, 0.25) is 0 Å². The Kier molecular flexibility index (Phi) is 6.55. The number of likely N-dealkylation sites (tertiary alicyclic amines) is 1. The normalized spacial score (nSPS) is 16.4. The van der Waals surface area contributed by atoms with E-state index >= 15 is 0 Å². The largest absolute Gasteiger partial charge is 0.378 e. The summed E-state index contributed by atoms with van der Waals surface area (Å²) in [5, 5.41) is 0. The molecule has 2 aliphatic heterocycles. The molecule has 5 rings (SSSR count). The van der Waals surface area contributed by atoms with Crippen molar-refractivity contribution in [1.29, 1.82) is 0 Å². The fourth-order valence-electron chi connectivity index (χ4n) is 4.93. The summed E-state index contributed by atoms with van der Waals surface area (Å²) in [6, 6.07) is 24.1. The van der Waals surface area contributed by atoms with Crippen LogP contribution in [0.15, 0.2) is 72.8 Å². The highest BCUT2D eigenvalue weighted by atomic mass is 16.2. The van der Waals surface area contributed by atoms with Crippen LogP contribution in [0, 0.1) is 0 Å². The van der Waals surface area contributed by atoms with Crippen LogP contribution >= 0.6 is 0 Å². The Balaban J connectivity index is 1.26. The molecule has 35 heavy (non-hydrogen) atoms. The number of amides is 3.